The van der Waals surface area contributed by atoms with Gasteiger partial charge in [-0.15, -0.1) is 0 Å². The van der Waals surface area contributed by atoms with Crippen LogP contribution in [0.4, 0.5) is 0 Å². The minimum Gasteiger partial charge on any atom is -0.383 e. The molecule has 0 amide bonds. The van der Waals surface area contributed by atoms with Crippen molar-refractivity contribution in [2.75, 3.05) is 13.7 Å². The van der Waals surface area contributed by atoms with Gasteiger partial charge in [0.1, 0.15) is 11.8 Å². The molecule has 1 fully saturated rings. The van der Waals surface area contributed by atoms with Gasteiger partial charge in [-0.25, -0.2) is 4.98 Å². The Labute approximate surface area is 154 Å². The van der Waals surface area contributed by atoms with Crippen molar-refractivity contribution in [2.45, 2.75) is 25.8 Å². The van der Waals surface area contributed by atoms with Crippen LogP contribution in [0.5, 0.6) is 0 Å². The van der Waals surface area contributed by atoms with Crippen molar-refractivity contribution < 1.29 is 9.26 Å². The summed E-state index contributed by atoms with van der Waals surface area (Å²) in [6.45, 7) is 3.05. The van der Waals surface area contributed by atoms with Crippen LogP contribution >= 0.6 is 0 Å². The van der Waals surface area contributed by atoms with Crippen molar-refractivity contribution in [1.29, 1.82) is 0 Å². The molecule has 0 bridgehead atoms. The third-order valence-electron chi connectivity index (χ3n) is 5.25. The molecule has 138 valence electrons. The molecule has 0 aliphatic heterocycles. The molecule has 5 rings (SSSR count). The van der Waals surface area contributed by atoms with E-state index in [-0.39, 0.29) is 11.4 Å². The molecule has 2 unspecified atom stereocenters. The Bertz CT molecular complexity index is 1210. The number of ether oxygens (including phenoxy) is 1. The van der Waals surface area contributed by atoms with Gasteiger partial charge in [-0.2, -0.15) is 4.98 Å². The lowest BCUT2D eigenvalue weighted by atomic mass is 10.2. The first-order valence-electron chi connectivity index (χ1n) is 9.00. The molecule has 0 N–H and O–H groups in total. The van der Waals surface area contributed by atoms with E-state index >= 15 is 0 Å². The number of hydrogen-bond donors (Lipinski definition) is 0. The summed E-state index contributed by atoms with van der Waals surface area (Å²) < 4.78 is 14.1. The molecule has 0 saturated heterocycles. The Balaban J connectivity index is 1.74. The largest absolute Gasteiger partial charge is 0.383 e. The monoisotopic (exact) mass is 365 g/mol. The van der Waals surface area contributed by atoms with Crippen LogP contribution in [0.2, 0.25) is 0 Å². The van der Waals surface area contributed by atoms with Crippen molar-refractivity contribution in [3.05, 3.63) is 46.8 Å². The zero-order valence-electron chi connectivity index (χ0n) is 15.1. The van der Waals surface area contributed by atoms with Crippen LogP contribution in [0, 0.1) is 5.92 Å². The number of hydrogen-bond acceptors (Lipinski definition) is 6. The number of aromatic nitrogens is 5. The number of imidazole rings is 1. The second kappa shape index (κ2) is 6.02. The number of rotatable bonds is 5. The van der Waals surface area contributed by atoms with Gasteiger partial charge in [0.25, 0.3) is 11.4 Å². The second-order valence-electron chi connectivity index (χ2n) is 7.03. The Kier molecular flexibility index (Phi) is 3.61. The number of para-hydroxylation sites is 2. The molecule has 8 heteroatoms. The normalized spacial score (nSPS) is 19.2. The minimum absolute atomic E-state index is 0.155. The Morgan fingerprint density at radius 3 is 2.81 bits per heavy atom. The predicted octanol–water partition coefficient (Wildman–Crippen LogP) is 2.47. The van der Waals surface area contributed by atoms with Gasteiger partial charge >= 0.3 is 0 Å². The van der Waals surface area contributed by atoms with Gasteiger partial charge in [0.15, 0.2) is 11.5 Å². The van der Waals surface area contributed by atoms with Crippen molar-refractivity contribution in [3.8, 4) is 11.6 Å². The average molecular weight is 365 g/mol. The van der Waals surface area contributed by atoms with E-state index in [0.29, 0.717) is 42.0 Å². The van der Waals surface area contributed by atoms with Crippen molar-refractivity contribution >= 4 is 16.6 Å². The van der Waals surface area contributed by atoms with E-state index in [0.717, 1.165) is 17.5 Å². The Morgan fingerprint density at radius 2 is 2.07 bits per heavy atom. The molecular weight excluding hydrogens is 346 g/mol. The van der Waals surface area contributed by atoms with Crippen LogP contribution < -0.4 is 5.56 Å². The van der Waals surface area contributed by atoms with E-state index in [1.165, 1.54) is 0 Å². The molecule has 1 aliphatic rings. The zero-order valence-corrected chi connectivity index (χ0v) is 15.1. The van der Waals surface area contributed by atoms with E-state index < -0.39 is 0 Å². The predicted molar refractivity (Wildman–Crippen MR) is 98.6 cm³/mol. The molecule has 3 heterocycles. The Morgan fingerprint density at radius 1 is 1.30 bits per heavy atom. The van der Waals surface area contributed by atoms with Crippen LogP contribution in [0.3, 0.4) is 0 Å². The van der Waals surface area contributed by atoms with Gasteiger partial charge in [-0.05, 0) is 24.5 Å². The molecule has 8 nitrogen and oxygen atoms in total. The lowest BCUT2D eigenvalue weighted by Gasteiger charge is -2.11. The molecule has 0 radical (unpaired) electrons. The van der Waals surface area contributed by atoms with Gasteiger partial charge in [-0.1, -0.05) is 24.2 Å². The molecule has 4 aromatic rings. The summed E-state index contributed by atoms with van der Waals surface area (Å²) in [7, 11) is 1.62. The molecule has 1 saturated carbocycles. The van der Waals surface area contributed by atoms with Crippen LogP contribution in [-0.2, 0) is 11.3 Å². The zero-order chi connectivity index (χ0) is 18.5. The molecular formula is C19H19N5O3. The van der Waals surface area contributed by atoms with Gasteiger partial charge < -0.3 is 13.8 Å². The summed E-state index contributed by atoms with van der Waals surface area (Å²) in [6, 6.07) is 7.73. The number of nitrogens with zero attached hydrogens (tertiary/aromatic N) is 5. The third-order valence-corrected chi connectivity index (χ3v) is 5.25. The fourth-order valence-corrected chi connectivity index (χ4v) is 3.59. The standard InChI is InChI=1S/C19H19N5O3/c1-11-9-12(11)17-21-18(27-22-17)15-16-19(25)23(7-8-26-2)13-5-3-4-6-14(13)24(16)10-20-15/h3-6,10-12H,7-9H2,1-2H3. The van der Waals surface area contributed by atoms with Crippen LogP contribution in [0.15, 0.2) is 39.9 Å². The first-order chi connectivity index (χ1) is 13.2. The lowest BCUT2D eigenvalue weighted by Crippen LogP contribution is -2.24. The van der Waals surface area contributed by atoms with E-state index in [1.54, 1.807) is 22.4 Å². The fraction of sp³-hybridized carbons (Fsp3) is 0.368. The first-order valence-corrected chi connectivity index (χ1v) is 9.00. The van der Waals surface area contributed by atoms with E-state index in [4.69, 9.17) is 9.26 Å². The maximum Gasteiger partial charge on any atom is 0.278 e. The fourth-order valence-electron chi connectivity index (χ4n) is 3.59. The number of benzene rings is 1. The summed E-state index contributed by atoms with van der Waals surface area (Å²) in [5.74, 6) is 1.90. The topological polar surface area (TPSA) is 87.5 Å². The highest BCUT2D eigenvalue weighted by Crippen LogP contribution is 2.45. The smallest absolute Gasteiger partial charge is 0.278 e. The van der Waals surface area contributed by atoms with Crippen molar-refractivity contribution in [2.24, 2.45) is 5.92 Å². The van der Waals surface area contributed by atoms with E-state index in [2.05, 4.69) is 22.0 Å². The van der Waals surface area contributed by atoms with Gasteiger partial charge in [0.2, 0.25) is 0 Å². The van der Waals surface area contributed by atoms with Gasteiger partial charge in [-0.3, -0.25) is 9.20 Å². The van der Waals surface area contributed by atoms with E-state index in [1.807, 2.05) is 24.3 Å². The molecule has 2 atom stereocenters. The van der Waals surface area contributed by atoms with Crippen molar-refractivity contribution in [1.82, 2.24) is 24.1 Å². The highest BCUT2D eigenvalue weighted by molar-refractivity contribution is 5.83. The first kappa shape index (κ1) is 16.2. The summed E-state index contributed by atoms with van der Waals surface area (Å²) in [6.07, 6.45) is 2.70. The molecule has 3 aromatic heterocycles. The molecule has 1 aliphatic carbocycles. The van der Waals surface area contributed by atoms with Crippen LogP contribution in [0.1, 0.15) is 25.1 Å². The SMILES string of the molecule is COCCn1c(=O)c2c(-c3nc(C4CC4C)no3)ncn2c2ccccc21. The summed E-state index contributed by atoms with van der Waals surface area (Å²) in [5.41, 5.74) is 2.41. The molecule has 0 spiro atoms. The van der Waals surface area contributed by atoms with Crippen molar-refractivity contribution in [3.63, 3.8) is 0 Å². The number of methoxy groups -OCH3 is 1. The second-order valence-corrected chi connectivity index (χ2v) is 7.03. The van der Waals surface area contributed by atoms with Gasteiger partial charge in [0, 0.05) is 19.6 Å². The Hall–Kier alpha value is -3.00. The molecule has 1 aromatic carbocycles. The maximum absolute atomic E-state index is 13.3. The lowest BCUT2D eigenvalue weighted by molar-refractivity contribution is 0.187. The average Bonchev–Trinajstić information content (AvgIpc) is 3.10. The minimum atomic E-state index is -0.155. The third kappa shape index (κ3) is 2.48. The quantitative estimate of drug-likeness (QED) is 0.540. The summed E-state index contributed by atoms with van der Waals surface area (Å²) in [5, 5.41) is 4.09. The van der Waals surface area contributed by atoms with Gasteiger partial charge in [0.05, 0.1) is 17.6 Å². The highest BCUT2D eigenvalue weighted by Gasteiger charge is 2.38. The molecule has 27 heavy (non-hydrogen) atoms. The van der Waals surface area contributed by atoms with Crippen LogP contribution in [-0.4, -0.2) is 37.8 Å². The number of fused-ring (bicyclic) bond motifs is 3. The summed E-state index contributed by atoms with van der Waals surface area (Å²) >= 11 is 0. The maximum atomic E-state index is 13.3. The van der Waals surface area contributed by atoms with E-state index in [9.17, 15) is 4.79 Å². The highest BCUT2D eigenvalue weighted by atomic mass is 16.5. The van der Waals surface area contributed by atoms with Crippen LogP contribution in [0.25, 0.3) is 28.1 Å². The summed E-state index contributed by atoms with van der Waals surface area (Å²) in [4.78, 5) is 22.2.